The van der Waals surface area contributed by atoms with Crippen LogP contribution in [0.25, 0.3) is 0 Å². The molecule has 0 heterocycles. The van der Waals surface area contributed by atoms with Gasteiger partial charge in [-0.1, -0.05) is 46.0 Å². The Hall–Kier alpha value is -1.06. The van der Waals surface area contributed by atoms with Crippen molar-refractivity contribution in [3.05, 3.63) is 0 Å². The Morgan fingerprint density at radius 3 is 2.15 bits per heavy atom. The summed E-state index contributed by atoms with van der Waals surface area (Å²) in [6, 6.07) is 0. The zero-order chi connectivity index (χ0) is 15.2. The summed E-state index contributed by atoms with van der Waals surface area (Å²) in [7, 11) is 1.65. The fraction of sp³-hybridized carbons (Fsp3) is 0.875. The molecule has 2 aliphatic carbocycles. The second-order valence-electron chi connectivity index (χ2n) is 5.93. The summed E-state index contributed by atoms with van der Waals surface area (Å²) in [5, 5.41) is 2.73. The van der Waals surface area contributed by atoms with Gasteiger partial charge in [-0.05, 0) is 25.2 Å². The largest absolute Gasteiger partial charge is 0.369 e. The van der Waals surface area contributed by atoms with Crippen molar-refractivity contribution < 1.29 is 9.59 Å². The first kappa shape index (κ1) is 17.0. The number of amides is 2. The van der Waals surface area contributed by atoms with Crippen LogP contribution in [0, 0.1) is 17.3 Å². The molecule has 0 aromatic carbocycles. The smallest absolute Gasteiger partial charge is 0.224 e. The van der Waals surface area contributed by atoms with Gasteiger partial charge in [-0.15, -0.1) is 0 Å². The standard InChI is InChI=1S/C14H24N2O2.C2H6/c1-16-12(17)11(9-10-5-6-10)14(13(15)18)7-3-2-4-8-14;1-2/h10-11H,2-9H2,1H3,(H2,15,18)(H,16,17);1-2H3. The van der Waals surface area contributed by atoms with Gasteiger partial charge in [-0.25, -0.2) is 0 Å². The molecule has 116 valence electrons. The van der Waals surface area contributed by atoms with Crippen LogP contribution in [0.15, 0.2) is 0 Å². The van der Waals surface area contributed by atoms with Crippen molar-refractivity contribution in [2.24, 2.45) is 23.0 Å². The molecule has 0 spiro atoms. The SMILES string of the molecule is CC.CNC(=O)C(CC1CC1)C1(C(N)=O)CCCCC1. The number of rotatable bonds is 5. The van der Waals surface area contributed by atoms with E-state index in [0.29, 0.717) is 5.92 Å². The quantitative estimate of drug-likeness (QED) is 0.813. The van der Waals surface area contributed by atoms with Crippen LogP contribution >= 0.6 is 0 Å². The molecule has 0 radical (unpaired) electrons. The molecular formula is C16H30N2O2. The molecule has 2 saturated carbocycles. The molecule has 2 rings (SSSR count). The maximum atomic E-state index is 12.2. The molecule has 20 heavy (non-hydrogen) atoms. The van der Waals surface area contributed by atoms with E-state index >= 15 is 0 Å². The number of nitrogens with two attached hydrogens (primary N) is 1. The van der Waals surface area contributed by atoms with Gasteiger partial charge in [0.2, 0.25) is 11.8 Å². The average molecular weight is 282 g/mol. The Labute approximate surface area is 122 Å². The lowest BCUT2D eigenvalue weighted by Crippen LogP contribution is -2.50. The van der Waals surface area contributed by atoms with Gasteiger partial charge in [-0.3, -0.25) is 9.59 Å². The van der Waals surface area contributed by atoms with Crippen molar-refractivity contribution in [1.82, 2.24) is 5.32 Å². The highest BCUT2D eigenvalue weighted by Gasteiger charge is 2.49. The van der Waals surface area contributed by atoms with Gasteiger partial charge in [-0.2, -0.15) is 0 Å². The van der Waals surface area contributed by atoms with Gasteiger partial charge in [0.1, 0.15) is 0 Å². The molecule has 2 amide bonds. The van der Waals surface area contributed by atoms with Crippen molar-refractivity contribution in [3.8, 4) is 0 Å². The molecule has 0 saturated heterocycles. The minimum atomic E-state index is -0.582. The van der Waals surface area contributed by atoms with Gasteiger partial charge in [0.25, 0.3) is 0 Å². The van der Waals surface area contributed by atoms with E-state index in [4.69, 9.17) is 5.73 Å². The summed E-state index contributed by atoms with van der Waals surface area (Å²) in [6.45, 7) is 4.00. The molecule has 4 nitrogen and oxygen atoms in total. The first-order valence-electron chi connectivity index (χ1n) is 8.11. The van der Waals surface area contributed by atoms with E-state index in [9.17, 15) is 9.59 Å². The van der Waals surface area contributed by atoms with E-state index < -0.39 is 5.41 Å². The molecule has 0 aromatic rings. The van der Waals surface area contributed by atoms with Gasteiger partial charge in [0.05, 0.1) is 11.3 Å². The van der Waals surface area contributed by atoms with Crippen LogP contribution in [0.5, 0.6) is 0 Å². The molecule has 3 N–H and O–H groups in total. The summed E-state index contributed by atoms with van der Waals surface area (Å²) in [5.74, 6) is 0.150. The highest BCUT2D eigenvalue weighted by molar-refractivity contribution is 5.89. The minimum Gasteiger partial charge on any atom is -0.369 e. The second-order valence-corrected chi connectivity index (χ2v) is 5.93. The van der Waals surface area contributed by atoms with E-state index in [-0.39, 0.29) is 17.7 Å². The number of primary amides is 1. The minimum absolute atomic E-state index is 0.00241. The molecule has 0 bridgehead atoms. The zero-order valence-corrected chi connectivity index (χ0v) is 13.2. The maximum Gasteiger partial charge on any atom is 0.224 e. The molecule has 2 aliphatic rings. The van der Waals surface area contributed by atoms with E-state index in [1.807, 2.05) is 13.8 Å². The molecule has 2 fully saturated rings. The summed E-state index contributed by atoms with van der Waals surface area (Å²) in [4.78, 5) is 24.1. The van der Waals surface area contributed by atoms with Crippen LogP contribution in [-0.4, -0.2) is 18.9 Å². The first-order valence-corrected chi connectivity index (χ1v) is 8.11. The lowest BCUT2D eigenvalue weighted by molar-refractivity contribution is -0.143. The fourth-order valence-electron chi connectivity index (χ4n) is 3.39. The van der Waals surface area contributed by atoms with E-state index in [1.165, 1.54) is 12.8 Å². The monoisotopic (exact) mass is 282 g/mol. The van der Waals surface area contributed by atoms with Gasteiger partial charge in [0.15, 0.2) is 0 Å². The lowest BCUT2D eigenvalue weighted by atomic mass is 9.63. The third-order valence-corrected chi connectivity index (χ3v) is 4.73. The third kappa shape index (κ3) is 3.74. The van der Waals surface area contributed by atoms with Gasteiger partial charge >= 0.3 is 0 Å². The van der Waals surface area contributed by atoms with Gasteiger partial charge in [0, 0.05) is 7.05 Å². The molecule has 0 aliphatic heterocycles. The Kier molecular flexibility index (Phi) is 6.50. The van der Waals surface area contributed by atoms with Crippen molar-refractivity contribution in [3.63, 3.8) is 0 Å². The van der Waals surface area contributed by atoms with Crippen molar-refractivity contribution in [2.75, 3.05) is 7.05 Å². The Morgan fingerprint density at radius 1 is 1.20 bits per heavy atom. The molecular weight excluding hydrogens is 252 g/mol. The normalized spacial score (nSPS) is 22.1. The third-order valence-electron chi connectivity index (χ3n) is 4.73. The number of carbonyl (C=O) groups excluding carboxylic acids is 2. The van der Waals surface area contributed by atoms with Crippen LogP contribution in [0.4, 0.5) is 0 Å². The highest BCUT2D eigenvalue weighted by Crippen LogP contribution is 2.48. The average Bonchev–Trinajstić information content (AvgIpc) is 3.30. The summed E-state index contributed by atoms with van der Waals surface area (Å²) >= 11 is 0. The topological polar surface area (TPSA) is 72.2 Å². The molecule has 4 heteroatoms. The van der Waals surface area contributed by atoms with Crippen molar-refractivity contribution in [2.45, 2.75) is 65.2 Å². The van der Waals surface area contributed by atoms with E-state index in [2.05, 4.69) is 5.32 Å². The number of hydrogen-bond donors (Lipinski definition) is 2. The predicted molar refractivity (Wildman–Crippen MR) is 81.0 cm³/mol. The van der Waals surface area contributed by atoms with Crippen LogP contribution in [-0.2, 0) is 9.59 Å². The summed E-state index contributed by atoms with van der Waals surface area (Å²) in [5.41, 5.74) is 5.09. The Bertz CT molecular complexity index is 331. The van der Waals surface area contributed by atoms with Crippen molar-refractivity contribution in [1.29, 1.82) is 0 Å². The van der Waals surface area contributed by atoms with Crippen molar-refractivity contribution >= 4 is 11.8 Å². The second kappa shape index (κ2) is 7.65. The number of carbonyl (C=O) groups is 2. The predicted octanol–water partition coefficient (Wildman–Crippen LogP) is 2.61. The first-order chi connectivity index (χ1) is 9.60. The number of hydrogen-bond acceptors (Lipinski definition) is 2. The molecule has 1 unspecified atom stereocenters. The van der Waals surface area contributed by atoms with Crippen LogP contribution in [0.3, 0.4) is 0 Å². The van der Waals surface area contributed by atoms with Crippen LogP contribution in [0.1, 0.15) is 65.2 Å². The van der Waals surface area contributed by atoms with E-state index in [0.717, 1.165) is 38.5 Å². The Morgan fingerprint density at radius 2 is 1.75 bits per heavy atom. The van der Waals surface area contributed by atoms with Gasteiger partial charge < -0.3 is 11.1 Å². The fourth-order valence-corrected chi connectivity index (χ4v) is 3.39. The molecule has 0 aromatic heterocycles. The molecule has 1 atom stereocenters. The lowest BCUT2D eigenvalue weighted by Gasteiger charge is -2.40. The summed E-state index contributed by atoms with van der Waals surface area (Å²) in [6.07, 6.45) is 7.98. The number of nitrogens with one attached hydrogen (secondary N) is 1. The maximum absolute atomic E-state index is 12.2. The van der Waals surface area contributed by atoms with Crippen LogP contribution in [0.2, 0.25) is 0 Å². The Balaban J connectivity index is 0.000000956. The van der Waals surface area contributed by atoms with Crippen LogP contribution < -0.4 is 11.1 Å². The zero-order valence-electron chi connectivity index (χ0n) is 13.2. The highest BCUT2D eigenvalue weighted by atomic mass is 16.2. The summed E-state index contributed by atoms with van der Waals surface area (Å²) < 4.78 is 0. The van der Waals surface area contributed by atoms with E-state index in [1.54, 1.807) is 7.05 Å².